The number of hydrogen-bond acceptors (Lipinski definition) is 5. The molecule has 0 spiro atoms. The third-order valence-corrected chi connectivity index (χ3v) is 6.10. The molecule has 3 aromatic rings. The molecule has 2 aromatic carbocycles. The minimum Gasteiger partial charge on any atom is -0.506 e. The Balaban J connectivity index is 1.69. The van der Waals surface area contributed by atoms with E-state index in [1.54, 1.807) is 13.0 Å². The number of benzene rings is 2. The number of thiophene rings is 1. The Kier molecular flexibility index (Phi) is 7.09. The number of carboxylic acids is 1. The van der Waals surface area contributed by atoms with Gasteiger partial charge in [-0.15, -0.1) is 11.3 Å². The van der Waals surface area contributed by atoms with Gasteiger partial charge >= 0.3 is 5.97 Å². The lowest BCUT2D eigenvalue weighted by atomic mass is 10.1. The van der Waals surface area contributed by atoms with Crippen molar-refractivity contribution in [1.29, 1.82) is 0 Å². The number of thiocarbonyl (C=S) groups is 1. The molecule has 0 atom stereocenters. The van der Waals surface area contributed by atoms with Gasteiger partial charge in [0.2, 0.25) is 0 Å². The van der Waals surface area contributed by atoms with Crippen LogP contribution in [0.2, 0.25) is 5.02 Å². The summed E-state index contributed by atoms with van der Waals surface area (Å²) in [5.74, 6) is -0.953. The van der Waals surface area contributed by atoms with Crippen LogP contribution in [0.1, 0.15) is 22.8 Å². The highest BCUT2D eigenvalue weighted by molar-refractivity contribution is 9.10. The van der Waals surface area contributed by atoms with Crippen LogP contribution in [-0.2, 0) is 0 Å². The maximum absolute atomic E-state index is 11.0. The number of nitrogens with zero attached hydrogens (tertiary/aromatic N) is 1. The summed E-state index contributed by atoms with van der Waals surface area (Å²) in [6, 6.07) is 12.1. The standard InChI is InChI=1S/C20H15BrClN3O3S2/c1-10(15-9-30-18(17(15)26)11-2-4-12(21)5-3-11)24-25-20(29)23-13-6-7-14(19(27)28)16(22)8-13/h2-9,26H,1H3,(H,27,28)(H2,23,25,29). The van der Waals surface area contributed by atoms with E-state index < -0.39 is 5.97 Å². The van der Waals surface area contributed by atoms with Gasteiger partial charge in [-0.2, -0.15) is 5.10 Å². The van der Waals surface area contributed by atoms with Gasteiger partial charge in [0.15, 0.2) is 5.11 Å². The van der Waals surface area contributed by atoms with Gasteiger partial charge in [-0.05, 0) is 55.0 Å². The normalized spacial score (nSPS) is 11.2. The molecule has 3 rings (SSSR count). The van der Waals surface area contributed by atoms with Crippen LogP contribution in [0.3, 0.4) is 0 Å². The van der Waals surface area contributed by atoms with E-state index in [0.29, 0.717) is 17.0 Å². The quantitative estimate of drug-likeness (QED) is 0.187. The van der Waals surface area contributed by atoms with Gasteiger partial charge in [0.05, 0.1) is 26.7 Å². The van der Waals surface area contributed by atoms with Gasteiger partial charge in [0.25, 0.3) is 0 Å². The van der Waals surface area contributed by atoms with Crippen molar-refractivity contribution in [3.8, 4) is 16.2 Å². The first-order valence-corrected chi connectivity index (χ1v) is 10.9. The van der Waals surface area contributed by atoms with Gasteiger partial charge in [-0.1, -0.05) is 39.7 Å². The first kappa shape index (κ1) is 22.2. The van der Waals surface area contributed by atoms with Crippen molar-refractivity contribution in [2.45, 2.75) is 6.92 Å². The molecule has 6 nitrogen and oxygen atoms in total. The number of carboxylic acid groups (broad SMARTS) is 1. The van der Waals surface area contributed by atoms with Gasteiger partial charge in [0, 0.05) is 15.5 Å². The van der Waals surface area contributed by atoms with Crippen LogP contribution < -0.4 is 10.7 Å². The smallest absolute Gasteiger partial charge is 0.337 e. The Morgan fingerprint density at radius 3 is 2.53 bits per heavy atom. The minimum absolute atomic E-state index is 0.00414. The lowest BCUT2D eigenvalue weighted by molar-refractivity contribution is 0.0697. The second kappa shape index (κ2) is 9.57. The number of aromatic hydroxyl groups is 1. The molecule has 1 aromatic heterocycles. The first-order valence-electron chi connectivity index (χ1n) is 8.47. The second-order valence-electron chi connectivity index (χ2n) is 6.10. The van der Waals surface area contributed by atoms with Crippen molar-refractivity contribution in [1.82, 2.24) is 5.43 Å². The number of nitrogens with one attached hydrogen (secondary N) is 2. The molecule has 0 bridgehead atoms. The molecule has 0 saturated carbocycles. The second-order valence-corrected chi connectivity index (χ2v) is 8.71. The van der Waals surface area contributed by atoms with Gasteiger partial charge in [0.1, 0.15) is 5.75 Å². The highest BCUT2D eigenvalue weighted by Crippen LogP contribution is 2.39. The molecular formula is C20H15BrClN3O3S2. The summed E-state index contributed by atoms with van der Waals surface area (Å²) in [6.45, 7) is 1.75. The summed E-state index contributed by atoms with van der Waals surface area (Å²) in [5, 5.41) is 28.8. The zero-order valence-electron chi connectivity index (χ0n) is 15.4. The Hall–Kier alpha value is -2.46. The van der Waals surface area contributed by atoms with Crippen molar-refractivity contribution in [3.63, 3.8) is 0 Å². The Bertz CT molecular complexity index is 1150. The fourth-order valence-corrected chi connectivity index (χ4v) is 4.24. The summed E-state index contributed by atoms with van der Waals surface area (Å²) in [6.07, 6.45) is 0. The van der Waals surface area contributed by atoms with Gasteiger partial charge < -0.3 is 15.5 Å². The van der Waals surface area contributed by atoms with E-state index >= 15 is 0 Å². The van der Waals surface area contributed by atoms with Crippen LogP contribution in [0, 0.1) is 0 Å². The Morgan fingerprint density at radius 2 is 1.90 bits per heavy atom. The molecule has 10 heteroatoms. The number of anilines is 1. The number of rotatable bonds is 5. The first-order chi connectivity index (χ1) is 14.3. The molecular weight excluding hydrogens is 510 g/mol. The summed E-state index contributed by atoms with van der Waals surface area (Å²) in [7, 11) is 0. The van der Waals surface area contributed by atoms with Crippen molar-refractivity contribution in [2.75, 3.05) is 5.32 Å². The summed E-state index contributed by atoms with van der Waals surface area (Å²) >= 11 is 16.0. The average molecular weight is 525 g/mol. The monoisotopic (exact) mass is 523 g/mol. The Labute approximate surface area is 195 Å². The van der Waals surface area contributed by atoms with Crippen molar-refractivity contribution in [3.05, 3.63) is 68.5 Å². The van der Waals surface area contributed by atoms with E-state index in [0.717, 1.165) is 14.9 Å². The Morgan fingerprint density at radius 1 is 1.20 bits per heavy atom. The molecule has 0 saturated heterocycles. The van der Waals surface area contributed by atoms with E-state index in [1.807, 2.05) is 29.6 Å². The lowest BCUT2D eigenvalue weighted by Gasteiger charge is -2.09. The molecule has 154 valence electrons. The van der Waals surface area contributed by atoms with Gasteiger partial charge in [-0.3, -0.25) is 5.43 Å². The predicted molar refractivity (Wildman–Crippen MR) is 129 cm³/mol. The maximum Gasteiger partial charge on any atom is 0.337 e. The fraction of sp³-hybridized carbons (Fsp3) is 0.0500. The summed E-state index contributed by atoms with van der Waals surface area (Å²) in [5.41, 5.74) is 5.29. The summed E-state index contributed by atoms with van der Waals surface area (Å²) in [4.78, 5) is 11.8. The largest absolute Gasteiger partial charge is 0.506 e. The van der Waals surface area contributed by atoms with Crippen molar-refractivity contribution < 1.29 is 15.0 Å². The molecule has 0 amide bonds. The third-order valence-electron chi connectivity index (χ3n) is 4.04. The summed E-state index contributed by atoms with van der Waals surface area (Å²) < 4.78 is 0.962. The van der Waals surface area contributed by atoms with Gasteiger partial charge in [-0.25, -0.2) is 4.79 Å². The van der Waals surface area contributed by atoms with E-state index in [4.69, 9.17) is 28.9 Å². The number of aromatic carboxylic acids is 1. The topological polar surface area (TPSA) is 94.0 Å². The highest BCUT2D eigenvalue weighted by atomic mass is 79.9. The van der Waals surface area contributed by atoms with Crippen LogP contribution in [0.25, 0.3) is 10.4 Å². The highest BCUT2D eigenvalue weighted by Gasteiger charge is 2.15. The molecule has 0 fully saturated rings. The van der Waals surface area contributed by atoms with Crippen LogP contribution in [0.4, 0.5) is 5.69 Å². The van der Waals surface area contributed by atoms with Crippen molar-refractivity contribution >= 4 is 73.6 Å². The fourth-order valence-electron chi connectivity index (χ4n) is 2.53. The zero-order chi connectivity index (χ0) is 21.8. The maximum atomic E-state index is 11.0. The molecule has 0 aliphatic heterocycles. The van der Waals surface area contributed by atoms with Crippen molar-refractivity contribution in [2.24, 2.45) is 5.10 Å². The average Bonchev–Trinajstić information content (AvgIpc) is 3.08. The third kappa shape index (κ3) is 5.17. The molecule has 1 heterocycles. The van der Waals surface area contributed by atoms with E-state index in [2.05, 4.69) is 31.8 Å². The van der Waals surface area contributed by atoms with Crippen LogP contribution in [0.15, 0.2) is 57.4 Å². The molecule has 0 radical (unpaired) electrons. The SMILES string of the molecule is CC(=NNC(=S)Nc1ccc(C(=O)O)c(Cl)c1)c1csc(-c2ccc(Br)cc2)c1O. The minimum atomic E-state index is -1.11. The molecule has 0 aliphatic rings. The number of hydrogen-bond donors (Lipinski definition) is 4. The van der Waals surface area contributed by atoms with Crippen LogP contribution >= 0.6 is 51.1 Å². The lowest BCUT2D eigenvalue weighted by Crippen LogP contribution is -2.25. The van der Waals surface area contributed by atoms with E-state index in [9.17, 15) is 9.90 Å². The molecule has 0 unspecified atom stereocenters. The number of hydrazone groups is 1. The van der Waals surface area contributed by atoms with E-state index in [-0.39, 0.29) is 21.4 Å². The number of carbonyl (C=O) groups is 1. The van der Waals surface area contributed by atoms with Crippen LogP contribution in [-0.4, -0.2) is 27.0 Å². The molecule has 0 aliphatic carbocycles. The van der Waals surface area contributed by atoms with E-state index in [1.165, 1.54) is 23.5 Å². The number of halogens is 2. The van der Waals surface area contributed by atoms with Crippen LogP contribution in [0.5, 0.6) is 5.75 Å². The zero-order valence-corrected chi connectivity index (χ0v) is 19.4. The molecule has 4 N–H and O–H groups in total. The predicted octanol–water partition coefficient (Wildman–Crippen LogP) is 5.95. The molecule has 30 heavy (non-hydrogen) atoms.